The van der Waals surface area contributed by atoms with Gasteiger partial charge < -0.3 is 19.5 Å². The highest BCUT2D eigenvalue weighted by Gasteiger charge is 2.22. The predicted octanol–water partition coefficient (Wildman–Crippen LogP) is 3.06. The van der Waals surface area contributed by atoms with Crippen molar-refractivity contribution in [2.75, 3.05) is 36.5 Å². The fourth-order valence-corrected chi connectivity index (χ4v) is 3.50. The average molecular weight is 396 g/mol. The van der Waals surface area contributed by atoms with Gasteiger partial charge in [0.2, 0.25) is 5.95 Å². The molecule has 0 unspecified atom stereocenters. The lowest BCUT2D eigenvalue weighted by Gasteiger charge is -2.19. The Morgan fingerprint density at radius 1 is 1.17 bits per heavy atom. The second-order valence-electron chi connectivity index (χ2n) is 6.82. The van der Waals surface area contributed by atoms with Crippen LogP contribution in [0.25, 0.3) is 11.2 Å². The quantitative estimate of drug-likeness (QED) is 0.719. The van der Waals surface area contributed by atoms with Crippen molar-refractivity contribution in [1.29, 1.82) is 0 Å². The van der Waals surface area contributed by atoms with Gasteiger partial charge in [-0.1, -0.05) is 44.2 Å². The molecule has 29 heavy (non-hydrogen) atoms. The summed E-state index contributed by atoms with van der Waals surface area (Å²) in [6.07, 6.45) is 3.96. The van der Waals surface area contributed by atoms with Crippen molar-refractivity contribution in [3.63, 3.8) is 0 Å². The minimum absolute atomic E-state index is 0.370. The van der Waals surface area contributed by atoms with E-state index in [1.54, 1.807) is 13.2 Å². The van der Waals surface area contributed by atoms with E-state index < -0.39 is 6.61 Å². The zero-order valence-electron chi connectivity index (χ0n) is 17.4. The Labute approximate surface area is 171 Å². The number of carbonyl (C=O) groups excluding carboxylic acids is 1. The maximum Gasteiger partial charge on any atom is 0.252 e. The van der Waals surface area contributed by atoms with Gasteiger partial charge in [0.1, 0.15) is 6.61 Å². The number of pyridine rings is 1. The molecule has 1 aromatic carbocycles. The van der Waals surface area contributed by atoms with Gasteiger partial charge in [0, 0.05) is 20.1 Å². The lowest BCUT2D eigenvalue weighted by atomic mass is 10.2. The standard InChI is InChI=1S/C20H23N5O2.C2H6/c1-23(18(27)14-26)16-11-17-19(21-12-16)22-20(24-9-5-6-10-24)25(17)13-15-7-3-2-4-8-15;1-2/h2-4,7-8,11-12,26H,5-6,9-10,13-14H2,1H3;1-2H3. The molecule has 0 radical (unpaired) electrons. The first-order valence-corrected chi connectivity index (χ1v) is 10.2. The number of likely N-dealkylation sites (N-methyl/N-ethyl adjacent to an activating group) is 1. The fraction of sp³-hybridized carbons (Fsp3) is 0.409. The lowest BCUT2D eigenvalue weighted by Crippen LogP contribution is -2.28. The van der Waals surface area contributed by atoms with Gasteiger partial charge in [-0.2, -0.15) is 4.98 Å². The van der Waals surface area contributed by atoms with Crippen LogP contribution in [0.5, 0.6) is 0 Å². The maximum atomic E-state index is 11.9. The van der Waals surface area contributed by atoms with E-state index in [9.17, 15) is 4.79 Å². The lowest BCUT2D eigenvalue weighted by molar-refractivity contribution is -0.120. The zero-order valence-corrected chi connectivity index (χ0v) is 17.4. The topological polar surface area (TPSA) is 74.5 Å². The molecule has 2 aromatic heterocycles. The van der Waals surface area contributed by atoms with Crippen LogP contribution >= 0.6 is 0 Å². The normalized spacial score (nSPS) is 13.3. The SMILES string of the molecule is CC.CN(C(=O)CO)c1cnc2nc(N3CCCC3)n(Cc3ccccc3)c2c1. The fourth-order valence-electron chi connectivity index (χ4n) is 3.50. The van der Waals surface area contributed by atoms with Crippen molar-refractivity contribution in [1.82, 2.24) is 14.5 Å². The molecule has 0 bridgehead atoms. The minimum Gasteiger partial charge on any atom is -0.387 e. The van der Waals surface area contributed by atoms with Gasteiger partial charge in [-0.15, -0.1) is 0 Å². The van der Waals surface area contributed by atoms with Gasteiger partial charge in [-0.05, 0) is 24.5 Å². The van der Waals surface area contributed by atoms with E-state index in [-0.39, 0.29) is 5.91 Å². The van der Waals surface area contributed by atoms with Gasteiger partial charge in [-0.25, -0.2) is 4.98 Å². The summed E-state index contributed by atoms with van der Waals surface area (Å²) in [4.78, 5) is 24.8. The Morgan fingerprint density at radius 2 is 1.86 bits per heavy atom. The number of fused-ring (bicyclic) bond motifs is 1. The molecule has 1 amide bonds. The second kappa shape index (κ2) is 9.52. The molecule has 0 spiro atoms. The molecule has 1 aliphatic rings. The molecule has 0 saturated carbocycles. The molecule has 4 rings (SSSR count). The number of rotatable bonds is 5. The Morgan fingerprint density at radius 3 is 2.52 bits per heavy atom. The smallest absolute Gasteiger partial charge is 0.252 e. The van der Waals surface area contributed by atoms with Crippen molar-refractivity contribution >= 4 is 28.7 Å². The number of nitrogens with zero attached hydrogens (tertiary/aromatic N) is 5. The summed E-state index contributed by atoms with van der Waals surface area (Å²) in [5.41, 5.74) is 3.38. The summed E-state index contributed by atoms with van der Waals surface area (Å²) in [5, 5.41) is 9.14. The number of aliphatic hydroxyl groups excluding tert-OH is 1. The molecule has 154 valence electrons. The average Bonchev–Trinajstić information content (AvgIpc) is 3.43. The molecule has 1 fully saturated rings. The first-order chi connectivity index (χ1) is 14.2. The van der Waals surface area contributed by atoms with Crippen LogP contribution in [0, 0.1) is 0 Å². The van der Waals surface area contributed by atoms with E-state index in [1.165, 1.54) is 23.3 Å². The number of carbonyl (C=O) groups is 1. The third-order valence-corrected chi connectivity index (χ3v) is 5.04. The third-order valence-electron chi connectivity index (χ3n) is 5.04. The van der Waals surface area contributed by atoms with Crippen LogP contribution in [-0.4, -0.2) is 52.3 Å². The number of benzene rings is 1. The van der Waals surface area contributed by atoms with Crippen molar-refractivity contribution in [2.24, 2.45) is 0 Å². The molecule has 0 atom stereocenters. The summed E-state index contributed by atoms with van der Waals surface area (Å²) >= 11 is 0. The van der Waals surface area contributed by atoms with Crippen LogP contribution in [0.15, 0.2) is 42.6 Å². The van der Waals surface area contributed by atoms with E-state index in [0.29, 0.717) is 17.9 Å². The number of hydrogen-bond donors (Lipinski definition) is 1. The molecule has 3 aromatic rings. The van der Waals surface area contributed by atoms with Crippen molar-refractivity contribution in [2.45, 2.75) is 33.2 Å². The van der Waals surface area contributed by atoms with Crippen LogP contribution in [0.3, 0.4) is 0 Å². The number of imidazole rings is 1. The summed E-state index contributed by atoms with van der Waals surface area (Å²) in [6.45, 7) is 6.14. The summed E-state index contributed by atoms with van der Waals surface area (Å²) < 4.78 is 2.17. The van der Waals surface area contributed by atoms with Gasteiger partial charge in [0.15, 0.2) is 5.65 Å². The molecule has 1 aliphatic heterocycles. The van der Waals surface area contributed by atoms with Crippen molar-refractivity contribution in [3.8, 4) is 0 Å². The number of aliphatic hydroxyl groups is 1. The Hall–Kier alpha value is -2.93. The van der Waals surface area contributed by atoms with Crippen LogP contribution in [0.4, 0.5) is 11.6 Å². The Bertz CT molecular complexity index is 948. The van der Waals surface area contributed by atoms with Gasteiger partial charge >= 0.3 is 0 Å². The summed E-state index contributed by atoms with van der Waals surface area (Å²) in [6, 6.07) is 12.2. The third kappa shape index (κ3) is 4.40. The molecule has 7 nitrogen and oxygen atoms in total. The van der Waals surface area contributed by atoms with E-state index in [1.807, 2.05) is 38.1 Å². The molecule has 7 heteroatoms. The highest BCUT2D eigenvalue weighted by Crippen LogP contribution is 2.28. The second-order valence-corrected chi connectivity index (χ2v) is 6.82. The maximum absolute atomic E-state index is 11.9. The van der Waals surface area contributed by atoms with Crippen molar-refractivity contribution in [3.05, 3.63) is 48.2 Å². The van der Waals surface area contributed by atoms with E-state index >= 15 is 0 Å². The first kappa shape index (κ1) is 20.8. The number of hydrogen-bond acceptors (Lipinski definition) is 5. The zero-order chi connectivity index (χ0) is 20.8. The summed E-state index contributed by atoms with van der Waals surface area (Å²) in [7, 11) is 1.64. The molecule has 3 heterocycles. The number of aromatic nitrogens is 3. The minimum atomic E-state index is -0.531. The van der Waals surface area contributed by atoms with Crippen LogP contribution in [0.2, 0.25) is 0 Å². The molecular weight excluding hydrogens is 366 g/mol. The van der Waals surface area contributed by atoms with Gasteiger partial charge in [-0.3, -0.25) is 4.79 Å². The monoisotopic (exact) mass is 395 g/mol. The Kier molecular flexibility index (Phi) is 6.82. The molecule has 0 aliphatic carbocycles. The van der Waals surface area contributed by atoms with Crippen LogP contribution in [0.1, 0.15) is 32.3 Å². The summed E-state index contributed by atoms with van der Waals surface area (Å²) in [5.74, 6) is 0.553. The van der Waals surface area contributed by atoms with Gasteiger partial charge in [0.05, 0.1) is 23.9 Å². The largest absolute Gasteiger partial charge is 0.387 e. The first-order valence-electron chi connectivity index (χ1n) is 10.2. The number of amides is 1. The molecule has 1 saturated heterocycles. The van der Waals surface area contributed by atoms with Crippen molar-refractivity contribution < 1.29 is 9.90 Å². The highest BCUT2D eigenvalue weighted by molar-refractivity contribution is 5.95. The van der Waals surface area contributed by atoms with Gasteiger partial charge in [0.25, 0.3) is 5.91 Å². The van der Waals surface area contributed by atoms with Crippen LogP contribution < -0.4 is 9.80 Å². The van der Waals surface area contributed by atoms with E-state index in [0.717, 1.165) is 24.6 Å². The van der Waals surface area contributed by atoms with E-state index in [2.05, 4.69) is 26.6 Å². The number of anilines is 2. The molecule has 1 N–H and O–H groups in total. The molecular formula is C22H29N5O2. The Balaban J connectivity index is 0.00000117. The predicted molar refractivity (Wildman–Crippen MR) is 116 cm³/mol. The highest BCUT2D eigenvalue weighted by atomic mass is 16.3. The van der Waals surface area contributed by atoms with Crippen LogP contribution in [-0.2, 0) is 11.3 Å². The van der Waals surface area contributed by atoms with E-state index in [4.69, 9.17) is 10.1 Å².